The lowest BCUT2D eigenvalue weighted by Gasteiger charge is -2.13. The van der Waals surface area contributed by atoms with Gasteiger partial charge in [0.05, 0.1) is 10.0 Å². The van der Waals surface area contributed by atoms with Crippen molar-refractivity contribution in [2.45, 2.75) is 6.61 Å². The molecule has 2 rings (SSSR count). The predicted molar refractivity (Wildman–Crippen MR) is 73.5 cm³/mol. The van der Waals surface area contributed by atoms with Gasteiger partial charge in [0, 0.05) is 22.2 Å². The number of benzene rings is 2. The van der Waals surface area contributed by atoms with Crippen molar-refractivity contribution in [3.05, 3.63) is 51.2 Å². The number of hydrogen-bond donors (Lipinski definition) is 0. The molecule has 0 radical (unpaired) electrons. The molecule has 0 amide bonds. The Hall–Kier alpha value is -1.10. The van der Waals surface area contributed by atoms with Gasteiger partial charge < -0.3 is 4.74 Å². The van der Waals surface area contributed by atoms with E-state index in [1.54, 1.807) is 0 Å². The Balaban J connectivity index is 2.63. The van der Waals surface area contributed by atoms with E-state index in [2.05, 4.69) is 4.74 Å². The molecule has 0 aromatic heterocycles. The fourth-order valence-electron chi connectivity index (χ4n) is 1.70. The van der Waals surface area contributed by atoms with Gasteiger partial charge in [-0.05, 0) is 24.3 Å². The Bertz CT molecular complexity index is 624. The molecule has 0 heterocycles. The maximum atomic E-state index is 13.2. The molecule has 0 saturated carbocycles. The number of alkyl halides is 2. The third kappa shape index (κ3) is 3.32. The van der Waals surface area contributed by atoms with Crippen LogP contribution in [0.4, 0.5) is 13.2 Å². The van der Waals surface area contributed by atoms with Crippen LogP contribution in [0, 0.1) is 5.82 Å². The summed E-state index contributed by atoms with van der Waals surface area (Å²) < 4.78 is 42.2. The van der Waals surface area contributed by atoms with Gasteiger partial charge >= 0.3 is 6.61 Å². The van der Waals surface area contributed by atoms with Crippen molar-refractivity contribution in [3.63, 3.8) is 0 Å². The van der Waals surface area contributed by atoms with Crippen LogP contribution in [-0.2, 0) is 0 Å². The SMILES string of the molecule is Fc1ccc(-c2c(Cl)cc(Cl)cc2Cl)c(OC(F)F)c1. The number of halogens is 6. The fourth-order valence-corrected chi connectivity index (χ4v) is 2.72. The van der Waals surface area contributed by atoms with E-state index in [1.165, 1.54) is 18.2 Å². The summed E-state index contributed by atoms with van der Waals surface area (Å²) in [6.07, 6.45) is 0. The fraction of sp³-hybridized carbons (Fsp3) is 0.0769. The van der Waals surface area contributed by atoms with Gasteiger partial charge in [-0.1, -0.05) is 34.8 Å². The normalized spacial score (nSPS) is 10.9. The lowest BCUT2D eigenvalue weighted by Crippen LogP contribution is -2.03. The molecule has 0 unspecified atom stereocenters. The Morgan fingerprint density at radius 1 is 0.950 bits per heavy atom. The number of rotatable bonds is 3. The molecule has 0 bridgehead atoms. The molecule has 0 aliphatic carbocycles. The van der Waals surface area contributed by atoms with Gasteiger partial charge in [-0.3, -0.25) is 0 Å². The van der Waals surface area contributed by atoms with Crippen LogP contribution in [0.3, 0.4) is 0 Å². The van der Waals surface area contributed by atoms with Crippen LogP contribution in [0.1, 0.15) is 0 Å². The molecule has 2 aromatic carbocycles. The minimum Gasteiger partial charge on any atom is -0.434 e. The summed E-state index contributed by atoms with van der Waals surface area (Å²) in [6, 6.07) is 5.99. The molecule has 0 N–H and O–H groups in total. The largest absolute Gasteiger partial charge is 0.434 e. The Labute approximate surface area is 127 Å². The topological polar surface area (TPSA) is 9.23 Å². The molecule has 0 atom stereocenters. The van der Waals surface area contributed by atoms with E-state index in [0.717, 1.165) is 12.1 Å². The molecular weight excluding hydrogens is 335 g/mol. The van der Waals surface area contributed by atoms with Gasteiger partial charge in [-0.25, -0.2) is 4.39 Å². The summed E-state index contributed by atoms with van der Waals surface area (Å²) in [4.78, 5) is 0. The van der Waals surface area contributed by atoms with E-state index in [0.29, 0.717) is 5.02 Å². The van der Waals surface area contributed by atoms with E-state index in [4.69, 9.17) is 34.8 Å². The van der Waals surface area contributed by atoms with Crippen molar-refractivity contribution in [3.8, 4) is 16.9 Å². The van der Waals surface area contributed by atoms with Crippen LogP contribution >= 0.6 is 34.8 Å². The third-order valence-corrected chi connectivity index (χ3v) is 3.25. The highest BCUT2D eigenvalue weighted by atomic mass is 35.5. The van der Waals surface area contributed by atoms with Gasteiger partial charge in [-0.15, -0.1) is 0 Å². The molecular formula is C13H6Cl3F3O. The van der Waals surface area contributed by atoms with Crippen molar-refractivity contribution >= 4 is 34.8 Å². The van der Waals surface area contributed by atoms with Crippen molar-refractivity contribution in [1.82, 2.24) is 0 Å². The van der Waals surface area contributed by atoms with E-state index in [1.807, 2.05) is 0 Å². The van der Waals surface area contributed by atoms with Crippen molar-refractivity contribution in [2.75, 3.05) is 0 Å². The average molecular weight is 342 g/mol. The van der Waals surface area contributed by atoms with Crippen LogP contribution in [0.2, 0.25) is 15.1 Å². The molecule has 7 heteroatoms. The van der Waals surface area contributed by atoms with Crippen LogP contribution in [0.25, 0.3) is 11.1 Å². The Kier molecular flexibility index (Phi) is 4.68. The van der Waals surface area contributed by atoms with Gasteiger partial charge in [0.15, 0.2) is 0 Å². The molecule has 106 valence electrons. The maximum absolute atomic E-state index is 13.2. The maximum Gasteiger partial charge on any atom is 0.387 e. The van der Waals surface area contributed by atoms with Crippen LogP contribution in [-0.4, -0.2) is 6.61 Å². The second-order valence-corrected chi connectivity index (χ2v) is 5.01. The molecule has 0 saturated heterocycles. The minimum absolute atomic E-state index is 0.147. The molecule has 1 nitrogen and oxygen atoms in total. The monoisotopic (exact) mass is 340 g/mol. The van der Waals surface area contributed by atoms with Gasteiger partial charge in [0.2, 0.25) is 0 Å². The molecule has 2 aromatic rings. The molecule has 20 heavy (non-hydrogen) atoms. The van der Waals surface area contributed by atoms with E-state index < -0.39 is 12.4 Å². The van der Waals surface area contributed by atoms with Gasteiger partial charge in [-0.2, -0.15) is 8.78 Å². The highest BCUT2D eigenvalue weighted by Gasteiger charge is 2.17. The minimum atomic E-state index is -3.10. The highest BCUT2D eigenvalue weighted by Crippen LogP contribution is 2.42. The summed E-state index contributed by atoms with van der Waals surface area (Å²) in [5, 5.41) is 0.587. The van der Waals surface area contributed by atoms with Crippen molar-refractivity contribution in [1.29, 1.82) is 0 Å². The molecule has 0 fully saturated rings. The summed E-state index contributed by atoms with van der Waals surface area (Å²) in [6.45, 7) is -3.10. The molecule has 0 aliphatic rings. The van der Waals surface area contributed by atoms with Crippen LogP contribution < -0.4 is 4.74 Å². The smallest absolute Gasteiger partial charge is 0.387 e. The summed E-state index contributed by atoms with van der Waals surface area (Å²) in [5.74, 6) is -1.07. The van der Waals surface area contributed by atoms with E-state index in [-0.39, 0.29) is 26.9 Å². The zero-order chi connectivity index (χ0) is 14.9. The Morgan fingerprint density at radius 2 is 1.55 bits per heavy atom. The molecule has 0 spiro atoms. The van der Waals surface area contributed by atoms with Gasteiger partial charge in [0.25, 0.3) is 0 Å². The summed E-state index contributed by atoms with van der Waals surface area (Å²) in [5.41, 5.74) is 0.395. The van der Waals surface area contributed by atoms with Crippen molar-refractivity contribution < 1.29 is 17.9 Å². The lowest BCUT2D eigenvalue weighted by molar-refractivity contribution is -0.0495. The first-order chi connectivity index (χ1) is 9.38. The summed E-state index contributed by atoms with van der Waals surface area (Å²) in [7, 11) is 0. The number of ether oxygens (including phenoxy) is 1. The summed E-state index contributed by atoms with van der Waals surface area (Å²) >= 11 is 17.8. The van der Waals surface area contributed by atoms with Crippen LogP contribution in [0.5, 0.6) is 5.75 Å². The highest BCUT2D eigenvalue weighted by molar-refractivity contribution is 6.41. The average Bonchev–Trinajstić information content (AvgIpc) is 2.29. The lowest BCUT2D eigenvalue weighted by atomic mass is 10.0. The first kappa shape index (κ1) is 15.3. The van der Waals surface area contributed by atoms with E-state index in [9.17, 15) is 13.2 Å². The Morgan fingerprint density at radius 3 is 2.10 bits per heavy atom. The second-order valence-electron chi connectivity index (χ2n) is 3.76. The predicted octanol–water partition coefficient (Wildman–Crippen LogP) is 6.05. The first-order valence-corrected chi connectivity index (χ1v) is 6.41. The quantitative estimate of drug-likeness (QED) is 0.660. The zero-order valence-electron chi connectivity index (χ0n) is 9.64. The number of hydrogen-bond acceptors (Lipinski definition) is 1. The standard InChI is InChI=1S/C13H6Cl3F3O/c14-6-3-9(15)12(10(16)4-6)8-2-1-7(17)5-11(8)20-13(18)19/h1-5,13H. The van der Waals surface area contributed by atoms with Crippen LogP contribution in [0.15, 0.2) is 30.3 Å². The zero-order valence-corrected chi connectivity index (χ0v) is 11.9. The second kappa shape index (κ2) is 6.12. The first-order valence-electron chi connectivity index (χ1n) is 5.27. The van der Waals surface area contributed by atoms with Gasteiger partial charge in [0.1, 0.15) is 11.6 Å². The van der Waals surface area contributed by atoms with Crippen molar-refractivity contribution in [2.24, 2.45) is 0 Å². The van der Waals surface area contributed by atoms with E-state index >= 15 is 0 Å². The molecule has 0 aliphatic heterocycles. The third-order valence-electron chi connectivity index (χ3n) is 2.44.